The van der Waals surface area contributed by atoms with Gasteiger partial charge in [-0.05, 0) is 19.3 Å². The number of carbonyl (C=O) groups excluding carboxylic acids is 2. The molecule has 6 rings (SSSR count). The number of esters is 2. The predicted octanol–water partition coefficient (Wildman–Crippen LogP) is 0.968. The molecule has 6 aliphatic rings. The summed E-state index contributed by atoms with van der Waals surface area (Å²) in [4.78, 5) is 24.9. The number of carbonyl (C=O) groups is 2. The average molecular weight is 378 g/mol. The van der Waals surface area contributed by atoms with Crippen LogP contribution in [0.5, 0.6) is 0 Å². The standard InChI is InChI=1S/C19H22O8/c20-16(10-8-9-4-5-11(10)22-9)24-14-12-13(23-17(14)21)15-18(25-12)27-19(26-15)6-2-1-3-7-19/h4-5,9-15,18H,1-3,6-8H2. The summed E-state index contributed by atoms with van der Waals surface area (Å²) in [7, 11) is 0. The monoisotopic (exact) mass is 378 g/mol. The van der Waals surface area contributed by atoms with E-state index in [1.807, 2.05) is 12.2 Å². The van der Waals surface area contributed by atoms with E-state index in [0.29, 0.717) is 6.42 Å². The summed E-state index contributed by atoms with van der Waals surface area (Å²) in [6.45, 7) is 0. The van der Waals surface area contributed by atoms with Gasteiger partial charge in [-0.2, -0.15) is 0 Å². The highest BCUT2D eigenvalue weighted by Gasteiger charge is 2.66. The van der Waals surface area contributed by atoms with Gasteiger partial charge >= 0.3 is 11.9 Å². The largest absolute Gasteiger partial charge is 0.454 e. The molecule has 8 heteroatoms. The predicted molar refractivity (Wildman–Crippen MR) is 86.1 cm³/mol. The smallest absolute Gasteiger partial charge is 0.350 e. The summed E-state index contributed by atoms with van der Waals surface area (Å²) >= 11 is 0. The lowest BCUT2D eigenvalue weighted by atomic mass is 9.94. The Morgan fingerprint density at radius 3 is 2.63 bits per heavy atom. The second-order valence-corrected chi connectivity index (χ2v) is 8.27. The Labute approximate surface area is 156 Å². The number of hydrogen-bond acceptors (Lipinski definition) is 8. The molecule has 1 aliphatic carbocycles. The average Bonchev–Trinajstić information content (AvgIpc) is 3.45. The fourth-order valence-corrected chi connectivity index (χ4v) is 5.23. The van der Waals surface area contributed by atoms with Crippen LogP contribution in [0.3, 0.4) is 0 Å². The van der Waals surface area contributed by atoms with Crippen molar-refractivity contribution in [2.24, 2.45) is 5.92 Å². The molecule has 1 spiro atoms. The summed E-state index contributed by atoms with van der Waals surface area (Å²) in [5, 5.41) is 0. The maximum Gasteiger partial charge on any atom is 0.350 e. The first kappa shape index (κ1) is 16.5. The molecule has 5 fully saturated rings. The minimum Gasteiger partial charge on any atom is -0.454 e. The summed E-state index contributed by atoms with van der Waals surface area (Å²) < 4.78 is 34.8. The van der Waals surface area contributed by atoms with Crippen LogP contribution >= 0.6 is 0 Å². The zero-order valence-electron chi connectivity index (χ0n) is 14.8. The molecule has 0 aromatic rings. The molecule has 0 amide bonds. The molecule has 0 aromatic heterocycles. The highest BCUT2D eigenvalue weighted by molar-refractivity contribution is 5.83. The maximum atomic E-state index is 12.6. The zero-order chi connectivity index (χ0) is 18.2. The third-order valence-electron chi connectivity index (χ3n) is 6.56. The molecule has 4 saturated heterocycles. The van der Waals surface area contributed by atoms with Crippen LogP contribution in [-0.2, 0) is 38.0 Å². The van der Waals surface area contributed by atoms with E-state index >= 15 is 0 Å². The molecule has 8 atom stereocenters. The number of fused-ring (bicyclic) bond motifs is 5. The Bertz CT molecular complexity index is 698. The second kappa shape index (κ2) is 5.76. The van der Waals surface area contributed by atoms with Crippen LogP contribution in [0, 0.1) is 5.92 Å². The fourth-order valence-electron chi connectivity index (χ4n) is 5.23. The first-order chi connectivity index (χ1) is 13.1. The van der Waals surface area contributed by atoms with Gasteiger partial charge in [0.15, 0.2) is 24.3 Å². The van der Waals surface area contributed by atoms with Gasteiger partial charge in [-0.15, -0.1) is 0 Å². The van der Waals surface area contributed by atoms with Crippen LogP contribution in [0.15, 0.2) is 12.2 Å². The molecular formula is C19H22O8. The summed E-state index contributed by atoms with van der Waals surface area (Å²) in [6.07, 6.45) is 5.61. The van der Waals surface area contributed by atoms with Crippen molar-refractivity contribution >= 4 is 11.9 Å². The topological polar surface area (TPSA) is 89.5 Å². The lowest BCUT2D eigenvalue weighted by Gasteiger charge is -2.33. The van der Waals surface area contributed by atoms with Crippen LogP contribution < -0.4 is 0 Å². The third kappa shape index (κ3) is 2.43. The molecule has 0 aromatic carbocycles. The SMILES string of the molecule is O=C(OC1C(=O)OC2C3OC4(CCCCC4)OC3OC12)C1CC2C=CC1O2. The van der Waals surface area contributed by atoms with Crippen LogP contribution in [0.2, 0.25) is 0 Å². The first-order valence-corrected chi connectivity index (χ1v) is 9.88. The van der Waals surface area contributed by atoms with Gasteiger partial charge in [-0.3, -0.25) is 4.79 Å². The Balaban J connectivity index is 1.14. The van der Waals surface area contributed by atoms with Gasteiger partial charge in [-0.1, -0.05) is 18.6 Å². The number of ether oxygens (including phenoxy) is 6. The molecule has 27 heavy (non-hydrogen) atoms. The summed E-state index contributed by atoms with van der Waals surface area (Å²) in [5.41, 5.74) is 0. The van der Waals surface area contributed by atoms with E-state index in [0.717, 1.165) is 25.7 Å². The second-order valence-electron chi connectivity index (χ2n) is 8.27. The van der Waals surface area contributed by atoms with Crippen LogP contribution in [0.25, 0.3) is 0 Å². The van der Waals surface area contributed by atoms with Gasteiger partial charge in [-0.25, -0.2) is 4.79 Å². The molecule has 1 saturated carbocycles. The van der Waals surface area contributed by atoms with Crippen molar-refractivity contribution in [3.05, 3.63) is 12.2 Å². The molecule has 5 aliphatic heterocycles. The lowest BCUT2D eigenvalue weighted by molar-refractivity contribution is -0.246. The van der Waals surface area contributed by atoms with E-state index < -0.39 is 48.4 Å². The molecule has 0 N–H and O–H groups in total. The van der Waals surface area contributed by atoms with Crippen molar-refractivity contribution in [3.8, 4) is 0 Å². The molecule has 8 unspecified atom stereocenters. The van der Waals surface area contributed by atoms with Gasteiger partial charge in [0, 0.05) is 12.8 Å². The summed E-state index contributed by atoms with van der Waals surface area (Å²) in [5.74, 6) is -2.02. The van der Waals surface area contributed by atoms with Gasteiger partial charge in [0.25, 0.3) is 0 Å². The van der Waals surface area contributed by atoms with Crippen molar-refractivity contribution in [1.82, 2.24) is 0 Å². The lowest BCUT2D eigenvalue weighted by Crippen LogP contribution is -2.41. The van der Waals surface area contributed by atoms with Crippen molar-refractivity contribution in [2.45, 2.75) is 87.2 Å². The van der Waals surface area contributed by atoms with E-state index in [9.17, 15) is 9.59 Å². The first-order valence-electron chi connectivity index (χ1n) is 9.88. The van der Waals surface area contributed by atoms with Gasteiger partial charge in [0.05, 0.1) is 18.1 Å². The summed E-state index contributed by atoms with van der Waals surface area (Å²) in [6, 6.07) is 0. The minimum absolute atomic E-state index is 0.0357. The van der Waals surface area contributed by atoms with Crippen LogP contribution in [0.1, 0.15) is 38.5 Å². The van der Waals surface area contributed by atoms with Crippen molar-refractivity contribution in [3.63, 3.8) is 0 Å². The molecule has 5 heterocycles. The van der Waals surface area contributed by atoms with Gasteiger partial charge < -0.3 is 28.4 Å². The normalized spacial score (nSPS) is 48.7. The maximum absolute atomic E-state index is 12.6. The fraction of sp³-hybridized carbons (Fsp3) is 0.789. The van der Waals surface area contributed by atoms with E-state index in [1.165, 1.54) is 6.42 Å². The number of rotatable bonds is 2. The quantitative estimate of drug-likeness (QED) is 0.519. The van der Waals surface area contributed by atoms with Gasteiger partial charge in [0.2, 0.25) is 6.10 Å². The van der Waals surface area contributed by atoms with E-state index in [-0.39, 0.29) is 18.1 Å². The highest BCUT2D eigenvalue weighted by atomic mass is 16.9. The van der Waals surface area contributed by atoms with Crippen molar-refractivity contribution < 1.29 is 38.0 Å². The van der Waals surface area contributed by atoms with Crippen LogP contribution in [-0.4, -0.2) is 60.6 Å². The van der Waals surface area contributed by atoms with Crippen LogP contribution in [0.4, 0.5) is 0 Å². The molecular weight excluding hydrogens is 356 g/mol. The Kier molecular flexibility index (Phi) is 3.52. The third-order valence-corrected chi connectivity index (χ3v) is 6.56. The Morgan fingerprint density at radius 1 is 1.04 bits per heavy atom. The molecule has 2 bridgehead atoms. The van der Waals surface area contributed by atoms with Crippen molar-refractivity contribution in [2.75, 3.05) is 0 Å². The molecule has 8 nitrogen and oxygen atoms in total. The molecule has 146 valence electrons. The number of hydrogen-bond donors (Lipinski definition) is 0. The highest BCUT2D eigenvalue weighted by Crippen LogP contribution is 2.48. The van der Waals surface area contributed by atoms with Gasteiger partial charge in [0.1, 0.15) is 6.10 Å². The van der Waals surface area contributed by atoms with E-state index in [2.05, 4.69) is 0 Å². The van der Waals surface area contributed by atoms with E-state index in [1.54, 1.807) is 0 Å². The van der Waals surface area contributed by atoms with E-state index in [4.69, 9.17) is 28.4 Å². The van der Waals surface area contributed by atoms with Crippen molar-refractivity contribution in [1.29, 1.82) is 0 Å². The molecule has 0 radical (unpaired) electrons. The Hall–Kier alpha value is -1.48. The minimum atomic E-state index is -1.08. The Morgan fingerprint density at radius 2 is 1.89 bits per heavy atom. The zero-order valence-corrected chi connectivity index (χ0v) is 14.8.